The van der Waals surface area contributed by atoms with Crippen LogP contribution in [0.25, 0.3) is 6.08 Å². The molecule has 98 valence electrons. The fourth-order valence-corrected chi connectivity index (χ4v) is 1.80. The van der Waals surface area contributed by atoms with Gasteiger partial charge in [-0.15, -0.1) is 0 Å². The summed E-state index contributed by atoms with van der Waals surface area (Å²) in [6, 6.07) is 0. The Bertz CT molecular complexity index is 417. The normalized spacial score (nSPS) is 16.4. The third kappa shape index (κ3) is 3.26. The Morgan fingerprint density at radius 1 is 1.44 bits per heavy atom. The van der Waals surface area contributed by atoms with Crippen LogP contribution in [0.3, 0.4) is 0 Å². The van der Waals surface area contributed by atoms with E-state index in [4.69, 9.17) is 4.74 Å². The summed E-state index contributed by atoms with van der Waals surface area (Å²) in [6.45, 7) is 4.68. The zero-order valence-corrected chi connectivity index (χ0v) is 10.6. The molecule has 0 unspecified atom stereocenters. The molecule has 1 aromatic rings. The lowest BCUT2D eigenvalue weighted by Gasteiger charge is -2.27. The minimum Gasteiger partial charge on any atom is -0.378 e. The predicted octanol–water partition coefficient (Wildman–Crippen LogP) is 2.27. The summed E-state index contributed by atoms with van der Waals surface area (Å²) in [7, 11) is 0. The molecule has 4 nitrogen and oxygen atoms in total. The van der Waals surface area contributed by atoms with Crippen LogP contribution in [-0.2, 0) is 4.74 Å². The van der Waals surface area contributed by atoms with Crippen molar-refractivity contribution >= 4 is 11.9 Å². The molecule has 0 N–H and O–H groups in total. The molecule has 0 aromatic carbocycles. The van der Waals surface area contributed by atoms with Crippen molar-refractivity contribution in [3.05, 3.63) is 23.9 Å². The van der Waals surface area contributed by atoms with Crippen molar-refractivity contribution < 1.29 is 9.13 Å². The zero-order chi connectivity index (χ0) is 12.8. The number of unbranched alkanes of at least 4 members (excludes halogenated alkanes) is 1. The maximum absolute atomic E-state index is 13.7. The van der Waals surface area contributed by atoms with Gasteiger partial charge in [0.1, 0.15) is 0 Å². The number of halogens is 1. The van der Waals surface area contributed by atoms with Crippen molar-refractivity contribution in [3.63, 3.8) is 0 Å². The van der Waals surface area contributed by atoms with Crippen LogP contribution in [0.2, 0.25) is 0 Å². The van der Waals surface area contributed by atoms with Gasteiger partial charge in [-0.25, -0.2) is 14.4 Å². The molecule has 0 atom stereocenters. The first kappa shape index (κ1) is 13.0. The molecule has 1 fully saturated rings. The van der Waals surface area contributed by atoms with Crippen LogP contribution in [-0.4, -0.2) is 36.3 Å². The van der Waals surface area contributed by atoms with Crippen LogP contribution in [0.4, 0.5) is 10.2 Å². The third-order valence-electron chi connectivity index (χ3n) is 2.78. The second-order valence-electron chi connectivity index (χ2n) is 4.19. The minimum atomic E-state index is -0.371. The monoisotopic (exact) mass is 251 g/mol. The number of ether oxygens (including phenoxy) is 1. The molecular weight excluding hydrogens is 233 g/mol. The molecular formula is C13H18FN3O. The van der Waals surface area contributed by atoms with E-state index in [0.717, 1.165) is 12.8 Å². The highest BCUT2D eigenvalue weighted by Gasteiger charge is 2.17. The Balaban J connectivity index is 2.15. The molecule has 1 aromatic heterocycles. The molecule has 0 spiro atoms. The van der Waals surface area contributed by atoms with E-state index in [1.807, 2.05) is 17.1 Å². The summed E-state index contributed by atoms with van der Waals surface area (Å²) < 4.78 is 19.0. The maximum atomic E-state index is 13.7. The molecule has 2 rings (SSSR count). The Kier molecular flexibility index (Phi) is 4.64. The Morgan fingerprint density at radius 3 is 2.94 bits per heavy atom. The molecule has 0 radical (unpaired) electrons. The first-order chi connectivity index (χ1) is 8.81. The van der Waals surface area contributed by atoms with E-state index in [0.29, 0.717) is 37.9 Å². The number of hydrogen-bond acceptors (Lipinski definition) is 4. The van der Waals surface area contributed by atoms with E-state index in [9.17, 15) is 4.39 Å². The lowest BCUT2D eigenvalue weighted by Crippen LogP contribution is -2.37. The van der Waals surface area contributed by atoms with Crippen LogP contribution in [0, 0.1) is 5.82 Å². The van der Waals surface area contributed by atoms with Gasteiger partial charge in [-0.2, -0.15) is 0 Å². The number of anilines is 1. The summed E-state index contributed by atoms with van der Waals surface area (Å²) in [4.78, 5) is 10.1. The highest BCUT2D eigenvalue weighted by atomic mass is 19.1. The second-order valence-corrected chi connectivity index (χ2v) is 4.19. The number of morpholine rings is 1. The lowest BCUT2D eigenvalue weighted by molar-refractivity contribution is 0.122. The van der Waals surface area contributed by atoms with E-state index in [1.54, 1.807) is 0 Å². The van der Waals surface area contributed by atoms with Crippen molar-refractivity contribution in [3.8, 4) is 0 Å². The molecule has 18 heavy (non-hydrogen) atoms. The number of hydrogen-bond donors (Lipinski definition) is 0. The third-order valence-corrected chi connectivity index (χ3v) is 2.78. The SMILES string of the molecule is CCC/C=C/c1ncc(F)c(N2CCOCC2)n1. The summed E-state index contributed by atoms with van der Waals surface area (Å²) in [6.07, 6.45) is 7.15. The number of allylic oxidation sites excluding steroid dienone is 1. The van der Waals surface area contributed by atoms with Crippen molar-refractivity contribution in [1.29, 1.82) is 0 Å². The van der Waals surface area contributed by atoms with Crippen LogP contribution in [0.1, 0.15) is 25.6 Å². The first-order valence-corrected chi connectivity index (χ1v) is 6.33. The Labute approximate surface area is 106 Å². The van der Waals surface area contributed by atoms with Gasteiger partial charge in [0.2, 0.25) is 0 Å². The summed E-state index contributed by atoms with van der Waals surface area (Å²) in [5.41, 5.74) is 0. The standard InChI is InChI=1S/C13H18FN3O/c1-2-3-4-5-12-15-10-11(14)13(16-12)17-6-8-18-9-7-17/h4-5,10H,2-3,6-9H2,1H3/b5-4+. The van der Waals surface area contributed by atoms with Crippen LogP contribution < -0.4 is 4.90 Å². The first-order valence-electron chi connectivity index (χ1n) is 6.33. The van der Waals surface area contributed by atoms with Gasteiger partial charge in [0.25, 0.3) is 0 Å². The quantitative estimate of drug-likeness (QED) is 0.822. The van der Waals surface area contributed by atoms with Crippen molar-refractivity contribution in [2.45, 2.75) is 19.8 Å². The molecule has 0 amide bonds. The van der Waals surface area contributed by atoms with Crippen LogP contribution in [0.15, 0.2) is 12.3 Å². The molecule has 0 saturated carbocycles. The summed E-state index contributed by atoms with van der Waals surface area (Å²) in [5.74, 6) is 0.570. The number of rotatable bonds is 4. The van der Waals surface area contributed by atoms with E-state index >= 15 is 0 Å². The van der Waals surface area contributed by atoms with Crippen LogP contribution in [0.5, 0.6) is 0 Å². The topological polar surface area (TPSA) is 38.2 Å². The van der Waals surface area contributed by atoms with Crippen molar-refractivity contribution in [2.75, 3.05) is 31.2 Å². The molecule has 1 aliphatic rings. The molecule has 1 saturated heterocycles. The predicted molar refractivity (Wildman–Crippen MR) is 69.0 cm³/mol. The minimum absolute atomic E-state index is 0.371. The number of nitrogens with zero attached hydrogens (tertiary/aromatic N) is 3. The smallest absolute Gasteiger partial charge is 0.183 e. The highest BCUT2D eigenvalue weighted by Crippen LogP contribution is 2.17. The zero-order valence-electron chi connectivity index (χ0n) is 10.6. The average Bonchev–Trinajstić information content (AvgIpc) is 2.42. The van der Waals surface area contributed by atoms with E-state index in [2.05, 4.69) is 16.9 Å². The second kappa shape index (κ2) is 6.44. The van der Waals surface area contributed by atoms with Crippen molar-refractivity contribution in [1.82, 2.24) is 9.97 Å². The largest absolute Gasteiger partial charge is 0.378 e. The number of aromatic nitrogens is 2. The molecule has 0 bridgehead atoms. The maximum Gasteiger partial charge on any atom is 0.183 e. The van der Waals surface area contributed by atoms with E-state index in [1.165, 1.54) is 6.20 Å². The summed E-state index contributed by atoms with van der Waals surface area (Å²) >= 11 is 0. The van der Waals surface area contributed by atoms with Gasteiger partial charge in [0, 0.05) is 13.1 Å². The average molecular weight is 251 g/mol. The Morgan fingerprint density at radius 2 is 2.22 bits per heavy atom. The van der Waals surface area contributed by atoms with Gasteiger partial charge < -0.3 is 9.64 Å². The summed E-state index contributed by atoms with van der Waals surface area (Å²) in [5, 5.41) is 0. The van der Waals surface area contributed by atoms with Gasteiger partial charge >= 0.3 is 0 Å². The van der Waals surface area contributed by atoms with Crippen LogP contribution >= 0.6 is 0 Å². The molecule has 5 heteroatoms. The van der Waals surface area contributed by atoms with Gasteiger partial charge in [-0.3, -0.25) is 0 Å². The van der Waals surface area contributed by atoms with Crippen molar-refractivity contribution in [2.24, 2.45) is 0 Å². The van der Waals surface area contributed by atoms with E-state index < -0.39 is 0 Å². The van der Waals surface area contributed by atoms with Gasteiger partial charge in [-0.05, 0) is 12.5 Å². The van der Waals surface area contributed by atoms with Gasteiger partial charge in [0.15, 0.2) is 17.5 Å². The fraction of sp³-hybridized carbons (Fsp3) is 0.538. The highest BCUT2D eigenvalue weighted by molar-refractivity contribution is 5.46. The molecule has 2 heterocycles. The van der Waals surface area contributed by atoms with Gasteiger partial charge in [0.05, 0.1) is 19.4 Å². The van der Waals surface area contributed by atoms with E-state index in [-0.39, 0.29) is 5.82 Å². The van der Waals surface area contributed by atoms with Gasteiger partial charge in [-0.1, -0.05) is 19.4 Å². The molecule has 1 aliphatic heterocycles. The Hall–Kier alpha value is -1.49. The fourth-order valence-electron chi connectivity index (χ4n) is 1.80. The lowest BCUT2D eigenvalue weighted by atomic mass is 10.3. The molecule has 0 aliphatic carbocycles.